The molecule has 0 aliphatic rings. The van der Waals surface area contributed by atoms with Crippen LogP contribution in [0.5, 0.6) is 0 Å². The van der Waals surface area contributed by atoms with Crippen molar-refractivity contribution >= 4 is 11.4 Å². The third-order valence-corrected chi connectivity index (χ3v) is 3.11. The van der Waals surface area contributed by atoms with E-state index in [1.165, 1.54) is 0 Å². The maximum atomic E-state index is 11.1. The quantitative estimate of drug-likeness (QED) is 0.648. The van der Waals surface area contributed by atoms with Crippen molar-refractivity contribution in [3.8, 4) is 0 Å². The number of benzene rings is 2. The normalized spacial score (nSPS) is 10.3. The number of nitrogens with zero attached hydrogens (tertiary/aromatic N) is 1. The smallest absolute Gasteiger partial charge is 0.295 e. The summed E-state index contributed by atoms with van der Waals surface area (Å²) in [6.45, 7) is 2.23. The number of rotatable bonds is 5. The molecular weight excluding hydrogens is 256 g/mol. The Balaban J connectivity index is 2.14. The van der Waals surface area contributed by atoms with Crippen molar-refractivity contribution in [3.05, 3.63) is 69.3 Å². The SMILES string of the molecule is Cc1cccc(NCc2ccc(CO)cc2)c1[N+](=O)[O-]. The van der Waals surface area contributed by atoms with E-state index in [0.717, 1.165) is 11.1 Å². The highest BCUT2D eigenvalue weighted by Crippen LogP contribution is 2.28. The number of aliphatic hydroxyl groups is 1. The molecule has 0 radical (unpaired) electrons. The molecule has 0 aliphatic heterocycles. The summed E-state index contributed by atoms with van der Waals surface area (Å²) in [4.78, 5) is 10.7. The fourth-order valence-electron chi connectivity index (χ4n) is 2.00. The maximum Gasteiger partial charge on any atom is 0.295 e. The molecular formula is C15H16N2O3. The second-order valence-electron chi connectivity index (χ2n) is 4.56. The Morgan fingerprint density at radius 1 is 1.15 bits per heavy atom. The van der Waals surface area contributed by atoms with Gasteiger partial charge in [0.25, 0.3) is 5.69 Å². The van der Waals surface area contributed by atoms with Gasteiger partial charge in [-0.1, -0.05) is 36.4 Å². The van der Waals surface area contributed by atoms with Gasteiger partial charge in [0.1, 0.15) is 5.69 Å². The highest BCUT2D eigenvalue weighted by molar-refractivity contribution is 5.65. The van der Waals surface area contributed by atoms with Crippen LogP contribution in [0.2, 0.25) is 0 Å². The topological polar surface area (TPSA) is 75.4 Å². The van der Waals surface area contributed by atoms with Crippen molar-refractivity contribution in [2.75, 3.05) is 5.32 Å². The summed E-state index contributed by atoms with van der Waals surface area (Å²) in [5.41, 5.74) is 3.10. The predicted molar refractivity (Wildman–Crippen MR) is 77.5 cm³/mol. The minimum atomic E-state index is -0.369. The van der Waals surface area contributed by atoms with Crippen LogP contribution in [0.4, 0.5) is 11.4 Å². The number of para-hydroxylation sites is 1. The van der Waals surface area contributed by atoms with Crippen LogP contribution < -0.4 is 5.32 Å². The van der Waals surface area contributed by atoms with Gasteiger partial charge in [-0.25, -0.2) is 0 Å². The molecule has 5 heteroatoms. The van der Waals surface area contributed by atoms with E-state index in [1.54, 1.807) is 25.1 Å². The van der Waals surface area contributed by atoms with Gasteiger partial charge in [0.15, 0.2) is 0 Å². The predicted octanol–water partition coefficient (Wildman–Crippen LogP) is 3.01. The minimum Gasteiger partial charge on any atom is -0.392 e. The number of hydrogen-bond acceptors (Lipinski definition) is 4. The third-order valence-electron chi connectivity index (χ3n) is 3.11. The van der Waals surface area contributed by atoms with Gasteiger partial charge in [0, 0.05) is 12.1 Å². The monoisotopic (exact) mass is 272 g/mol. The first-order chi connectivity index (χ1) is 9.61. The number of aryl methyl sites for hydroxylation is 1. The Hall–Kier alpha value is -2.40. The first kappa shape index (κ1) is 14.0. The second-order valence-corrected chi connectivity index (χ2v) is 4.56. The summed E-state index contributed by atoms with van der Waals surface area (Å²) in [6, 6.07) is 12.7. The Kier molecular flexibility index (Phi) is 4.32. The highest BCUT2D eigenvalue weighted by atomic mass is 16.6. The van der Waals surface area contributed by atoms with E-state index in [9.17, 15) is 10.1 Å². The summed E-state index contributed by atoms with van der Waals surface area (Å²) in [5, 5.41) is 23.1. The van der Waals surface area contributed by atoms with Crippen LogP contribution in [0.15, 0.2) is 42.5 Å². The number of aliphatic hydroxyl groups excluding tert-OH is 1. The molecule has 104 valence electrons. The zero-order valence-electron chi connectivity index (χ0n) is 11.2. The number of nitro benzene ring substituents is 1. The fourth-order valence-corrected chi connectivity index (χ4v) is 2.00. The van der Waals surface area contributed by atoms with Crippen LogP contribution >= 0.6 is 0 Å². The lowest BCUT2D eigenvalue weighted by Crippen LogP contribution is -2.03. The molecule has 0 amide bonds. The molecule has 0 atom stereocenters. The average molecular weight is 272 g/mol. The van der Waals surface area contributed by atoms with Crippen LogP contribution in [0.3, 0.4) is 0 Å². The Morgan fingerprint density at radius 3 is 2.40 bits per heavy atom. The summed E-state index contributed by atoms with van der Waals surface area (Å²) in [5.74, 6) is 0. The molecule has 0 fully saturated rings. The summed E-state index contributed by atoms with van der Waals surface area (Å²) >= 11 is 0. The molecule has 0 bridgehead atoms. The number of anilines is 1. The number of hydrogen-bond donors (Lipinski definition) is 2. The summed E-state index contributed by atoms with van der Waals surface area (Å²) in [7, 11) is 0. The van der Waals surface area contributed by atoms with E-state index >= 15 is 0 Å². The van der Waals surface area contributed by atoms with E-state index in [2.05, 4.69) is 5.32 Å². The van der Waals surface area contributed by atoms with Gasteiger partial charge < -0.3 is 10.4 Å². The highest BCUT2D eigenvalue weighted by Gasteiger charge is 2.16. The van der Waals surface area contributed by atoms with Gasteiger partial charge >= 0.3 is 0 Å². The maximum absolute atomic E-state index is 11.1. The molecule has 0 heterocycles. The van der Waals surface area contributed by atoms with Crippen LogP contribution in [-0.2, 0) is 13.2 Å². The molecule has 0 saturated carbocycles. The molecule has 5 nitrogen and oxygen atoms in total. The van der Waals surface area contributed by atoms with E-state index in [4.69, 9.17) is 5.11 Å². The van der Waals surface area contributed by atoms with Gasteiger partial charge in [0.05, 0.1) is 11.5 Å². The van der Waals surface area contributed by atoms with Gasteiger partial charge in [-0.05, 0) is 24.1 Å². The first-order valence-electron chi connectivity index (χ1n) is 6.28. The zero-order chi connectivity index (χ0) is 14.5. The van der Waals surface area contributed by atoms with Crippen molar-refractivity contribution in [2.45, 2.75) is 20.1 Å². The van der Waals surface area contributed by atoms with Gasteiger partial charge in [0.2, 0.25) is 0 Å². The molecule has 0 spiro atoms. The molecule has 2 rings (SSSR count). The summed E-state index contributed by atoms with van der Waals surface area (Å²) in [6.07, 6.45) is 0. The number of nitro groups is 1. The molecule has 0 saturated heterocycles. The van der Waals surface area contributed by atoms with E-state index in [1.807, 2.05) is 24.3 Å². The zero-order valence-corrected chi connectivity index (χ0v) is 11.2. The lowest BCUT2D eigenvalue weighted by Gasteiger charge is -2.09. The van der Waals surface area contributed by atoms with Gasteiger partial charge in [-0.2, -0.15) is 0 Å². The molecule has 2 aromatic rings. The van der Waals surface area contributed by atoms with Crippen molar-refractivity contribution in [2.24, 2.45) is 0 Å². The van der Waals surface area contributed by atoms with Crippen LogP contribution in [0.1, 0.15) is 16.7 Å². The molecule has 2 N–H and O–H groups in total. The van der Waals surface area contributed by atoms with E-state index in [-0.39, 0.29) is 17.2 Å². The van der Waals surface area contributed by atoms with Crippen molar-refractivity contribution in [1.82, 2.24) is 0 Å². The first-order valence-corrected chi connectivity index (χ1v) is 6.28. The van der Waals surface area contributed by atoms with Crippen LogP contribution in [-0.4, -0.2) is 10.0 Å². The number of nitrogens with one attached hydrogen (secondary N) is 1. The molecule has 0 aromatic heterocycles. The Morgan fingerprint density at radius 2 is 1.80 bits per heavy atom. The lowest BCUT2D eigenvalue weighted by molar-refractivity contribution is -0.384. The van der Waals surface area contributed by atoms with Gasteiger partial charge in [-0.15, -0.1) is 0 Å². The van der Waals surface area contributed by atoms with E-state index < -0.39 is 0 Å². The van der Waals surface area contributed by atoms with Crippen molar-refractivity contribution in [1.29, 1.82) is 0 Å². The largest absolute Gasteiger partial charge is 0.392 e. The molecule has 0 unspecified atom stereocenters. The molecule has 20 heavy (non-hydrogen) atoms. The fraction of sp³-hybridized carbons (Fsp3) is 0.200. The average Bonchev–Trinajstić information content (AvgIpc) is 2.45. The lowest BCUT2D eigenvalue weighted by atomic mass is 10.1. The van der Waals surface area contributed by atoms with Crippen LogP contribution in [0, 0.1) is 17.0 Å². The van der Waals surface area contributed by atoms with Gasteiger partial charge in [-0.3, -0.25) is 10.1 Å². The molecule has 0 aliphatic carbocycles. The minimum absolute atomic E-state index is 0.0110. The summed E-state index contributed by atoms with van der Waals surface area (Å²) < 4.78 is 0. The second kappa shape index (κ2) is 6.16. The third kappa shape index (κ3) is 3.13. The van der Waals surface area contributed by atoms with Crippen molar-refractivity contribution < 1.29 is 10.0 Å². The van der Waals surface area contributed by atoms with E-state index in [0.29, 0.717) is 17.8 Å². The molecule has 2 aromatic carbocycles. The van der Waals surface area contributed by atoms with Crippen LogP contribution in [0.25, 0.3) is 0 Å². The standard InChI is InChI=1S/C15H16N2O3/c1-11-3-2-4-14(15(11)17(19)20)16-9-12-5-7-13(10-18)8-6-12/h2-8,16,18H,9-10H2,1H3. The Bertz CT molecular complexity index is 609. The Labute approximate surface area is 117 Å². The van der Waals surface area contributed by atoms with Crippen molar-refractivity contribution in [3.63, 3.8) is 0 Å².